The number of hydrogen-bond donors (Lipinski definition) is 1. The normalized spacial score (nSPS) is 9.40. The highest BCUT2D eigenvalue weighted by molar-refractivity contribution is 6.32. The molecule has 0 bridgehead atoms. The van der Waals surface area contributed by atoms with Crippen LogP contribution in [0.4, 0.5) is 5.69 Å². The molecule has 4 heteroatoms. The summed E-state index contributed by atoms with van der Waals surface area (Å²) in [6.45, 7) is 0.776. The van der Waals surface area contributed by atoms with Gasteiger partial charge in [0.1, 0.15) is 5.75 Å². The minimum Gasteiger partial charge on any atom is -0.495 e. The molecule has 3 nitrogen and oxygen atoms in total. The maximum absolute atomic E-state index is 8.37. The van der Waals surface area contributed by atoms with Crippen LogP contribution < -0.4 is 10.1 Å². The summed E-state index contributed by atoms with van der Waals surface area (Å²) in [6, 6.07) is 7.61. The summed E-state index contributed by atoms with van der Waals surface area (Å²) < 4.78 is 5.09. The van der Waals surface area contributed by atoms with E-state index in [-0.39, 0.29) is 0 Å². The fourth-order valence-electron chi connectivity index (χ4n) is 1.17. The minimum atomic E-state index is 0.567. The van der Waals surface area contributed by atoms with Crippen molar-refractivity contribution >= 4 is 17.3 Å². The molecule has 0 aliphatic rings. The topological polar surface area (TPSA) is 45.0 Å². The number of nitrogens with one attached hydrogen (secondary N) is 1. The van der Waals surface area contributed by atoms with Gasteiger partial charge in [-0.25, -0.2) is 0 Å². The Bertz CT molecular complexity index is 360. The number of methoxy groups -OCH3 is 1. The van der Waals surface area contributed by atoms with Gasteiger partial charge in [0.05, 0.1) is 18.2 Å². The van der Waals surface area contributed by atoms with E-state index in [0.717, 1.165) is 18.7 Å². The van der Waals surface area contributed by atoms with Crippen LogP contribution in [0.2, 0.25) is 5.02 Å². The maximum atomic E-state index is 8.37. The van der Waals surface area contributed by atoms with Gasteiger partial charge in [-0.15, -0.1) is 0 Å². The van der Waals surface area contributed by atoms with Crippen molar-refractivity contribution in [1.29, 1.82) is 5.26 Å². The highest BCUT2D eigenvalue weighted by Gasteiger charge is 2.00. The standard InChI is InChI=1S/C11H13ClN2O/c1-15-11-8-9(4-5-10(11)12)14-7-3-2-6-13/h4-5,8,14H,2-3,7H2,1H3. The second-order valence-electron chi connectivity index (χ2n) is 3.04. The van der Waals surface area contributed by atoms with Gasteiger partial charge in [0.2, 0.25) is 0 Å². The first-order chi connectivity index (χ1) is 7.27. The first-order valence-corrected chi connectivity index (χ1v) is 5.10. The fourth-order valence-corrected chi connectivity index (χ4v) is 1.36. The summed E-state index contributed by atoms with van der Waals surface area (Å²) in [6.07, 6.45) is 1.40. The van der Waals surface area contributed by atoms with Gasteiger partial charge >= 0.3 is 0 Å². The number of rotatable bonds is 5. The van der Waals surface area contributed by atoms with E-state index in [1.54, 1.807) is 13.2 Å². The lowest BCUT2D eigenvalue weighted by Gasteiger charge is -2.08. The molecule has 1 rings (SSSR count). The van der Waals surface area contributed by atoms with Crippen molar-refractivity contribution in [2.45, 2.75) is 12.8 Å². The van der Waals surface area contributed by atoms with Crippen LogP contribution in [0.5, 0.6) is 5.75 Å². The first-order valence-electron chi connectivity index (χ1n) is 4.72. The molecule has 0 unspecified atom stereocenters. The molecular formula is C11H13ClN2O. The van der Waals surface area contributed by atoms with Crippen molar-refractivity contribution in [3.63, 3.8) is 0 Å². The van der Waals surface area contributed by atoms with Crippen LogP contribution in [-0.4, -0.2) is 13.7 Å². The number of benzene rings is 1. The predicted octanol–water partition coefficient (Wildman–Crippen LogP) is 3.06. The van der Waals surface area contributed by atoms with E-state index in [9.17, 15) is 0 Å². The van der Waals surface area contributed by atoms with Crippen LogP contribution in [0.1, 0.15) is 12.8 Å². The third-order valence-corrected chi connectivity index (χ3v) is 2.26. The number of hydrogen-bond acceptors (Lipinski definition) is 3. The molecule has 0 fully saturated rings. The van der Waals surface area contributed by atoms with Crippen molar-refractivity contribution in [2.24, 2.45) is 0 Å². The molecule has 1 aromatic carbocycles. The largest absolute Gasteiger partial charge is 0.495 e. The second kappa shape index (κ2) is 6.15. The first kappa shape index (κ1) is 11.7. The predicted molar refractivity (Wildman–Crippen MR) is 61.3 cm³/mol. The van der Waals surface area contributed by atoms with E-state index >= 15 is 0 Å². The molecule has 0 radical (unpaired) electrons. The zero-order valence-corrected chi connectivity index (χ0v) is 9.34. The molecule has 0 aliphatic carbocycles. The molecule has 1 aromatic rings. The molecule has 80 valence electrons. The van der Waals surface area contributed by atoms with Gasteiger partial charge in [0.15, 0.2) is 0 Å². The van der Waals surface area contributed by atoms with E-state index in [1.807, 2.05) is 12.1 Å². The summed E-state index contributed by atoms with van der Waals surface area (Å²) >= 11 is 5.88. The molecule has 0 aliphatic heterocycles. The maximum Gasteiger partial charge on any atom is 0.139 e. The van der Waals surface area contributed by atoms with Crippen LogP contribution >= 0.6 is 11.6 Å². The zero-order chi connectivity index (χ0) is 11.1. The van der Waals surface area contributed by atoms with Gasteiger partial charge in [0, 0.05) is 24.7 Å². The lowest BCUT2D eigenvalue weighted by molar-refractivity contribution is 0.415. The number of nitrogens with zero attached hydrogens (tertiary/aromatic N) is 1. The van der Waals surface area contributed by atoms with E-state index in [2.05, 4.69) is 11.4 Å². The number of halogens is 1. The molecule has 0 saturated carbocycles. The Morgan fingerprint density at radius 1 is 1.53 bits per heavy atom. The molecule has 0 spiro atoms. The molecular weight excluding hydrogens is 212 g/mol. The summed E-state index contributed by atoms with van der Waals surface area (Å²) in [7, 11) is 1.58. The zero-order valence-electron chi connectivity index (χ0n) is 8.59. The van der Waals surface area contributed by atoms with Gasteiger partial charge in [-0.3, -0.25) is 0 Å². The molecule has 0 aromatic heterocycles. The van der Waals surface area contributed by atoms with Crippen LogP contribution in [0, 0.1) is 11.3 Å². The summed E-state index contributed by atoms with van der Waals surface area (Å²) in [5, 5.41) is 12.2. The number of anilines is 1. The van der Waals surface area contributed by atoms with Crippen molar-refractivity contribution in [1.82, 2.24) is 0 Å². The molecule has 0 heterocycles. The van der Waals surface area contributed by atoms with E-state index in [0.29, 0.717) is 17.2 Å². The second-order valence-corrected chi connectivity index (χ2v) is 3.44. The minimum absolute atomic E-state index is 0.567. The molecule has 1 N–H and O–H groups in total. The summed E-state index contributed by atoms with van der Waals surface area (Å²) in [5.74, 6) is 0.655. The van der Waals surface area contributed by atoms with Gasteiger partial charge in [-0.05, 0) is 18.6 Å². The summed E-state index contributed by atoms with van der Waals surface area (Å²) in [5.41, 5.74) is 0.953. The van der Waals surface area contributed by atoms with Crippen molar-refractivity contribution in [3.8, 4) is 11.8 Å². The number of unbranched alkanes of at least 4 members (excludes halogenated alkanes) is 1. The molecule has 0 amide bonds. The van der Waals surface area contributed by atoms with E-state index in [1.165, 1.54) is 0 Å². The van der Waals surface area contributed by atoms with Crippen LogP contribution in [0.25, 0.3) is 0 Å². The van der Waals surface area contributed by atoms with Crippen LogP contribution in [0.15, 0.2) is 18.2 Å². The molecule has 0 saturated heterocycles. The number of nitriles is 1. The summed E-state index contributed by atoms with van der Waals surface area (Å²) in [4.78, 5) is 0. The van der Waals surface area contributed by atoms with Crippen LogP contribution in [0.3, 0.4) is 0 Å². The monoisotopic (exact) mass is 224 g/mol. The highest BCUT2D eigenvalue weighted by Crippen LogP contribution is 2.27. The Morgan fingerprint density at radius 3 is 3.00 bits per heavy atom. The van der Waals surface area contributed by atoms with E-state index < -0.39 is 0 Å². The lowest BCUT2D eigenvalue weighted by atomic mass is 10.2. The van der Waals surface area contributed by atoms with Gasteiger partial charge in [-0.1, -0.05) is 11.6 Å². The van der Waals surface area contributed by atoms with E-state index in [4.69, 9.17) is 21.6 Å². The lowest BCUT2D eigenvalue weighted by Crippen LogP contribution is -2.01. The Kier molecular flexibility index (Phi) is 4.79. The third kappa shape index (κ3) is 3.69. The Labute approximate surface area is 94.6 Å². The third-order valence-electron chi connectivity index (χ3n) is 1.95. The quantitative estimate of drug-likeness (QED) is 0.782. The molecule has 0 atom stereocenters. The van der Waals surface area contributed by atoms with Crippen LogP contribution in [-0.2, 0) is 0 Å². The molecule has 15 heavy (non-hydrogen) atoms. The Morgan fingerprint density at radius 2 is 2.33 bits per heavy atom. The van der Waals surface area contributed by atoms with Gasteiger partial charge < -0.3 is 10.1 Å². The fraction of sp³-hybridized carbons (Fsp3) is 0.364. The SMILES string of the molecule is COc1cc(NCCCC#N)ccc1Cl. The Balaban J connectivity index is 2.52. The average Bonchev–Trinajstić information content (AvgIpc) is 2.26. The Hall–Kier alpha value is -1.40. The van der Waals surface area contributed by atoms with Gasteiger partial charge in [-0.2, -0.15) is 5.26 Å². The van der Waals surface area contributed by atoms with Crippen molar-refractivity contribution in [3.05, 3.63) is 23.2 Å². The van der Waals surface area contributed by atoms with Gasteiger partial charge in [0.25, 0.3) is 0 Å². The number of ether oxygens (including phenoxy) is 1. The highest BCUT2D eigenvalue weighted by atomic mass is 35.5. The average molecular weight is 225 g/mol. The smallest absolute Gasteiger partial charge is 0.139 e. The van der Waals surface area contributed by atoms with Crippen molar-refractivity contribution < 1.29 is 4.74 Å². The van der Waals surface area contributed by atoms with Crippen molar-refractivity contribution in [2.75, 3.05) is 19.0 Å².